The van der Waals surface area contributed by atoms with Gasteiger partial charge in [-0.2, -0.15) is 21.4 Å². The van der Waals surface area contributed by atoms with Crippen molar-refractivity contribution in [3.8, 4) is 0 Å². The van der Waals surface area contributed by atoms with Crippen molar-refractivity contribution in [2.75, 3.05) is 5.75 Å². The van der Waals surface area contributed by atoms with Gasteiger partial charge in [-0.25, -0.2) is 8.78 Å². The van der Waals surface area contributed by atoms with Crippen LogP contribution in [-0.4, -0.2) is 17.6 Å². The van der Waals surface area contributed by atoms with Gasteiger partial charge in [-0.1, -0.05) is 0 Å². The summed E-state index contributed by atoms with van der Waals surface area (Å²) in [6.07, 6.45) is -0.806. The molecule has 0 spiro atoms. The molecule has 0 fully saturated rings. The average molecular weight is 190 g/mol. The summed E-state index contributed by atoms with van der Waals surface area (Å²) in [6, 6.07) is 0. The maximum absolute atomic E-state index is 12.3. The van der Waals surface area contributed by atoms with Crippen LogP contribution in [0.2, 0.25) is 0 Å². The van der Waals surface area contributed by atoms with Gasteiger partial charge in [0.1, 0.15) is 0 Å². The van der Waals surface area contributed by atoms with Gasteiger partial charge in [-0.05, 0) is 12.2 Å². The minimum absolute atomic E-state index is 0.000455. The van der Waals surface area contributed by atoms with Gasteiger partial charge in [-0.3, -0.25) is 0 Å². The van der Waals surface area contributed by atoms with Crippen LogP contribution >= 0.6 is 12.6 Å². The fourth-order valence-corrected chi connectivity index (χ4v) is 0.679. The van der Waals surface area contributed by atoms with E-state index >= 15 is 0 Å². The first kappa shape index (κ1) is 11.1. The Hall–Kier alpha value is 0.0700. The first-order chi connectivity index (χ1) is 4.81. The topological polar surface area (TPSA) is 0 Å². The Morgan fingerprint density at radius 1 is 1.18 bits per heavy atom. The van der Waals surface area contributed by atoms with Crippen molar-refractivity contribution in [1.82, 2.24) is 0 Å². The van der Waals surface area contributed by atoms with Crippen LogP contribution in [-0.2, 0) is 0 Å². The molecule has 0 nitrogen and oxygen atoms in total. The lowest BCUT2D eigenvalue weighted by Gasteiger charge is -2.22. The maximum Gasteiger partial charge on any atom is 0.309 e. The van der Waals surface area contributed by atoms with Crippen LogP contribution in [0.3, 0.4) is 0 Å². The highest BCUT2D eigenvalue weighted by Crippen LogP contribution is 2.37. The molecule has 0 aliphatic heterocycles. The molecular weight excluding hydrogens is 180 g/mol. The van der Waals surface area contributed by atoms with Gasteiger partial charge >= 0.3 is 11.8 Å². The Morgan fingerprint density at radius 3 is 1.91 bits per heavy atom. The molecule has 0 bridgehead atoms. The molecule has 0 amide bonds. The van der Waals surface area contributed by atoms with Gasteiger partial charge < -0.3 is 0 Å². The summed E-state index contributed by atoms with van der Waals surface area (Å²) in [5.41, 5.74) is 0. The third-order valence-electron chi connectivity index (χ3n) is 1.29. The monoisotopic (exact) mass is 190 g/mol. The fraction of sp³-hybridized carbons (Fsp3) is 1.00. The summed E-state index contributed by atoms with van der Waals surface area (Å²) < 4.78 is 48.8. The number of hydrogen-bond donors (Lipinski definition) is 1. The van der Waals surface area contributed by atoms with Gasteiger partial charge in [-0.15, -0.1) is 0 Å². The van der Waals surface area contributed by atoms with E-state index in [0.29, 0.717) is 0 Å². The summed E-state index contributed by atoms with van der Waals surface area (Å²) in [4.78, 5) is 0. The molecule has 0 heterocycles. The van der Waals surface area contributed by atoms with E-state index in [1.165, 1.54) is 0 Å². The van der Waals surface area contributed by atoms with Crippen molar-refractivity contribution >= 4 is 12.6 Å². The highest BCUT2D eigenvalue weighted by Gasteiger charge is 2.50. The normalized spacial score (nSPS) is 13.6. The largest absolute Gasteiger partial charge is 0.309 e. The summed E-state index contributed by atoms with van der Waals surface area (Å²) in [5.74, 6) is -7.61. The molecule has 5 heteroatoms. The molecule has 68 valence electrons. The van der Waals surface area contributed by atoms with E-state index in [0.717, 1.165) is 0 Å². The molecule has 0 aliphatic carbocycles. The van der Waals surface area contributed by atoms with E-state index in [4.69, 9.17) is 0 Å². The maximum atomic E-state index is 12.3. The second-order valence-corrected chi connectivity index (χ2v) is 2.87. The molecule has 0 N–H and O–H groups in total. The number of rotatable bonds is 4. The zero-order valence-corrected chi connectivity index (χ0v) is 6.97. The Kier molecular flexibility index (Phi) is 3.67. The van der Waals surface area contributed by atoms with Crippen LogP contribution in [0.15, 0.2) is 0 Å². The number of hydrogen-bond acceptors (Lipinski definition) is 1. The van der Waals surface area contributed by atoms with Gasteiger partial charge in [0.2, 0.25) is 0 Å². The SMILES string of the molecule is CC(F)(F)C(F)(F)CCCS. The zero-order valence-electron chi connectivity index (χ0n) is 6.08. The van der Waals surface area contributed by atoms with Crippen LogP contribution in [0.5, 0.6) is 0 Å². The smallest absolute Gasteiger partial charge is 0.200 e. The number of halogens is 4. The molecule has 0 saturated carbocycles. The lowest BCUT2D eigenvalue weighted by Crippen LogP contribution is -2.37. The lowest BCUT2D eigenvalue weighted by molar-refractivity contribution is -0.200. The van der Waals surface area contributed by atoms with Crippen LogP contribution in [0.25, 0.3) is 0 Å². The second kappa shape index (κ2) is 3.65. The molecule has 0 atom stereocenters. The van der Waals surface area contributed by atoms with E-state index < -0.39 is 18.3 Å². The highest BCUT2D eigenvalue weighted by molar-refractivity contribution is 7.80. The van der Waals surface area contributed by atoms with E-state index in [1.54, 1.807) is 0 Å². The lowest BCUT2D eigenvalue weighted by atomic mass is 10.1. The predicted molar refractivity (Wildman–Crippen MR) is 38.7 cm³/mol. The number of thiol groups is 1. The van der Waals surface area contributed by atoms with Crippen LogP contribution in [0, 0.1) is 0 Å². The van der Waals surface area contributed by atoms with Gasteiger partial charge in [0.25, 0.3) is 0 Å². The Labute approximate surface area is 68.4 Å². The average Bonchev–Trinajstić information content (AvgIpc) is 1.81. The number of alkyl halides is 4. The zero-order chi connectivity index (χ0) is 9.12. The van der Waals surface area contributed by atoms with Crippen molar-refractivity contribution in [1.29, 1.82) is 0 Å². The highest BCUT2D eigenvalue weighted by atomic mass is 32.1. The molecular formula is C6H10F4S. The van der Waals surface area contributed by atoms with Crippen molar-refractivity contribution in [2.24, 2.45) is 0 Å². The van der Waals surface area contributed by atoms with Gasteiger partial charge in [0.15, 0.2) is 0 Å². The summed E-state index contributed by atoms with van der Waals surface area (Å²) in [7, 11) is 0. The summed E-state index contributed by atoms with van der Waals surface area (Å²) in [6.45, 7) is 0.228. The standard InChI is InChI=1S/C6H10F4S/c1-5(7,8)6(9,10)3-2-4-11/h11H,2-4H2,1H3. The Bertz CT molecular complexity index is 118. The van der Waals surface area contributed by atoms with E-state index in [-0.39, 0.29) is 19.1 Å². The molecule has 0 aromatic heterocycles. The van der Waals surface area contributed by atoms with Crippen molar-refractivity contribution in [3.05, 3.63) is 0 Å². The quantitative estimate of drug-likeness (QED) is 0.511. The van der Waals surface area contributed by atoms with Crippen molar-refractivity contribution < 1.29 is 17.6 Å². The van der Waals surface area contributed by atoms with Crippen molar-refractivity contribution in [2.45, 2.75) is 31.6 Å². The second-order valence-electron chi connectivity index (χ2n) is 2.42. The van der Waals surface area contributed by atoms with E-state index in [9.17, 15) is 17.6 Å². The molecule has 0 radical (unpaired) electrons. The van der Waals surface area contributed by atoms with Crippen LogP contribution < -0.4 is 0 Å². The molecule has 0 aromatic carbocycles. The first-order valence-electron chi connectivity index (χ1n) is 3.18. The minimum Gasteiger partial charge on any atom is -0.200 e. The Balaban J connectivity index is 4.00. The summed E-state index contributed by atoms with van der Waals surface area (Å²) in [5, 5.41) is 0. The molecule has 0 saturated heterocycles. The molecule has 0 rings (SSSR count). The minimum atomic E-state index is -3.92. The molecule has 11 heavy (non-hydrogen) atoms. The first-order valence-corrected chi connectivity index (χ1v) is 3.81. The van der Waals surface area contributed by atoms with Crippen LogP contribution in [0.1, 0.15) is 19.8 Å². The summed E-state index contributed by atoms with van der Waals surface area (Å²) >= 11 is 3.65. The fourth-order valence-electron chi connectivity index (χ4n) is 0.521. The van der Waals surface area contributed by atoms with Gasteiger partial charge in [0, 0.05) is 13.3 Å². The van der Waals surface area contributed by atoms with Crippen molar-refractivity contribution in [3.63, 3.8) is 0 Å². The van der Waals surface area contributed by atoms with Crippen LogP contribution in [0.4, 0.5) is 17.6 Å². The third kappa shape index (κ3) is 3.31. The Morgan fingerprint density at radius 2 is 1.64 bits per heavy atom. The molecule has 0 aliphatic rings. The van der Waals surface area contributed by atoms with E-state index in [2.05, 4.69) is 12.6 Å². The molecule has 0 aromatic rings. The molecule has 0 unspecified atom stereocenters. The third-order valence-corrected chi connectivity index (χ3v) is 1.61. The van der Waals surface area contributed by atoms with Gasteiger partial charge in [0.05, 0.1) is 0 Å². The predicted octanol–water partition coefficient (Wildman–Crippen LogP) is 2.99. The van der Waals surface area contributed by atoms with E-state index in [1.807, 2.05) is 0 Å².